The average molecular weight is 441 g/mol. The zero-order chi connectivity index (χ0) is 20.7. The van der Waals surface area contributed by atoms with E-state index in [1.165, 1.54) is 4.31 Å². The summed E-state index contributed by atoms with van der Waals surface area (Å²) in [4.78, 5) is 5.58. The molecule has 1 aromatic heterocycles. The van der Waals surface area contributed by atoms with Crippen LogP contribution in [0.1, 0.15) is 25.8 Å². The monoisotopic (exact) mass is 440 g/mol. The van der Waals surface area contributed by atoms with Crippen LogP contribution in [0.3, 0.4) is 0 Å². The highest BCUT2D eigenvalue weighted by molar-refractivity contribution is 7.86. The maximum atomic E-state index is 13.0. The Balaban J connectivity index is 1.67. The van der Waals surface area contributed by atoms with Crippen molar-refractivity contribution < 1.29 is 21.6 Å². The Hall–Kier alpha value is -1.10. The van der Waals surface area contributed by atoms with Crippen LogP contribution in [-0.4, -0.2) is 61.3 Å². The highest BCUT2D eigenvalue weighted by Crippen LogP contribution is 2.34. The van der Waals surface area contributed by atoms with Crippen molar-refractivity contribution in [3.05, 3.63) is 22.8 Å². The predicted octanol–water partition coefficient (Wildman–Crippen LogP) is 3.10. The minimum absolute atomic E-state index is 0.0928. The minimum atomic E-state index is -4.51. The van der Waals surface area contributed by atoms with Crippen LogP contribution >= 0.6 is 11.6 Å². The molecule has 0 bridgehead atoms. The molecule has 11 heteroatoms. The highest BCUT2D eigenvalue weighted by atomic mass is 35.5. The van der Waals surface area contributed by atoms with Crippen molar-refractivity contribution in [1.29, 1.82) is 0 Å². The van der Waals surface area contributed by atoms with Crippen LogP contribution in [-0.2, 0) is 16.4 Å². The molecule has 2 unspecified atom stereocenters. The molecule has 3 heterocycles. The molecule has 0 amide bonds. The lowest BCUT2D eigenvalue weighted by atomic mass is 9.94. The Morgan fingerprint density at radius 3 is 2.14 bits per heavy atom. The summed E-state index contributed by atoms with van der Waals surface area (Å²) in [6, 6.07) is 0.851. The van der Waals surface area contributed by atoms with E-state index in [0.29, 0.717) is 38.0 Å². The van der Waals surface area contributed by atoms with E-state index >= 15 is 0 Å². The van der Waals surface area contributed by atoms with E-state index in [4.69, 9.17) is 11.6 Å². The summed E-state index contributed by atoms with van der Waals surface area (Å²) < 4.78 is 67.2. The number of piperazine rings is 1. The molecule has 158 valence electrons. The maximum absolute atomic E-state index is 13.0. The zero-order valence-electron chi connectivity index (χ0n) is 15.8. The van der Waals surface area contributed by atoms with Gasteiger partial charge in [0.1, 0.15) is 5.82 Å². The Morgan fingerprint density at radius 1 is 1.07 bits per heavy atom. The molecular formula is C17H24ClF3N4O2S. The van der Waals surface area contributed by atoms with Gasteiger partial charge in [-0.1, -0.05) is 25.4 Å². The number of anilines is 1. The number of pyridine rings is 1. The molecule has 0 spiro atoms. The Morgan fingerprint density at radius 2 is 1.64 bits per heavy atom. The van der Waals surface area contributed by atoms with Gasteiger partial charge in [0.25, 0.3) is 10.2 Å². The number of aromatic nitrogens is 1. The van der Waals surface area contributed by atoms with Gasteiger partial charge >= 0.3 is 6.18 Å². The van der Waals surface area contributed by atoms with Crippen LogP contribution in [0.15, 0.2) is 12.3 Å². The summed E-state index contributed by atoms with van der Waals surface area (Å²) >= 11 is 6.00. The van der Waals surface area contributed by atoms with Crippen LogP contribution in [0.4, 0.5) is 19.0 Å². The van der Waals surface area contributed by atoms with Crippen LogP contribution in [0.25, 0.3) is 0 Å². The van der Waals surface area contributed by atoms with Gasteiger partial charge in [-0.15, -0.1) is 0 Å². The van der Waals surface area contributed by atoms with E-state index in [9.17, 15) is 21.6 Å². The average Bonchev–Trinajstić information content (AvgIpc) is 2.60. The topological polar surface area (TPSA) is 56.8 Å². The molecule has 2 aliphatic rings. The molecule has 0 N–H and O–H groups in total. The lowest BCUT2D eigenvalue weighted by Gasteiger charge is -2.40. The third-order valence-electron chi connectivity index (χ3n) is 5.18. The molecule has 3 rings (SSSR count). The number of halogens is 4. The molecule has 2 saturated heterocycles. The smallest absolute Gasteiger partial charge is 0.353 e. The van der Waals surface area contributed by atoms with Crippen molar-refractivity contribution >= 4 is 27.6 Å². The van der Waals surface area contributed by atoms with E-state index in [1.807, 2.05) is 13.8 Å². The van der Waals surface area contributed by atoms with Gasteiger partial charge in [0.15, 0.2) is 0 Å². The Labute approximate surface area is 168 Å². The van der Waals surface area contributed by atoms with Crippen LogP contribution in [0.5, 0.6) is 0 Å². The van der Waals surface area contributed by atoms with Gasteiger partial charge in [-0.3, -0.25) is 0 Å². The Kier molecular flexibility index (Phi) is 6.15. The quantitative estimate of drug-likeness (QED) is 0.724. The summed E-state index contributed by atoms with van der Waals surface area (Å²) in [6.45, 7) is 6.23. The predicted molar refractivity (Wildman–Crippen MR) is 101 cm³/mol. The molecule has 28 heavy (non-hydrogen) atoms. The molecule has 0 aliphatic carbocycles. The summed E-state index contributed by atoms with van der Waals surface area (Å²) in [5.74, 6) is 0.872. The Bertz CT molecular complexity index is 803. The molecule has 2 aliphatic heterocycles. The fourth-order valence-electron chi connectivity index (χ4n) is 3.91. The molecule has 6 nitrogen and oxygen atoms in total. The van der Waals surface area contributed by atoms with Gasteiger partial charge in [-0.05, 0) is 24.3 Å². The van der Waals surface area contributed by atoms with Crippen LogP contribution < -0.4 is 4.90 Å². The van der Waals surface area contributed by atoms with Crippen molar-refractivity contribution in [3.63, 3.8) is 0 Å². The SMILES string of the molecule is CC1CC(C)CN(S(=O)(=O)N2CCN(c3ncc(C(F)(F)F)cc3Cl)CC2)C1. The number of piperidine rings is 1. The van der Waals surface area contributed by atoms with E-state index in [0.717, 1.165) is 18.7 Å². The number of hydrogen-bond donors (Lipinski definition) is 0. The fourth-order valence-corrected chi connectivity index (χ4v) is 6.03. The lowest BCUT2D eigenvalue weighted by Crippen LogP contribution is -2.55. The lowest BCUT2D eigenvalue weighted by molar-refractivity contribution is -0.137. The van der Waals surface area contributed by atoms with Gasteiger partial charge in [-0.25, -0.2) is 4.98 Å². The molecule has 2 fully saturated rings. The van der Waals surface area contributed by atoms with Gasteiger partial charge < -0.3 is 4.90 Å². The summed E-state index contributed by atoms with van der Waals surface area (Å²) in [6.07, 6.45) is -2.75. The zero-order valence-corrected chi connectivity index (χ0v) is 17.4. The first-order valence-corrected chi connectivity index (χ1v) is 11.0. The molecule has 2 atom stereocenters. The summed E-state index contributed by atoms with van der Waals surface area (Å²) in [7, 11) is -3.55. The van der Waals surface area contributed by atoms with Crippen molar-refractivity contribution in [3.8, 4) is 0 Å². The summed E-state index contributed by atoms with van der Waals surface area (Å²) in [5, 5.41) is -0.0928. The first-order chi connectivity index (χ1) is 13.0. The third-order valence-corrected chi connectivity index (χ3v) is 7.42. The second kappa shape index (κ2) is 7.97. The highest BCUT2D eigenvalue weighted by Gasteiger charge is 2.37. The van der Waals surface area contributed by atoms with Crippen LogP contribution in [0.2, 0.25) is 5.02 Å². The maximum Gasteiger partial charge on any atom is 0.417 e. The van der Waals surface area contributed by atoms with E-state index < -0.39 is 21.9 Å². The fraction of sp³-hybridized carbons (Fsp3) is 0.706. The third kappa shape index (κ3) is 4.55. The molecule has 0 aromatic carbocycles. The van der Waals surface area contributed by atoms with Crippen molar-refractivity contribution in [2.45, 2.75) is 26.4 Å². The largest absolute Gasteiger partial charge is 0.417 e. The standard InChI is InChI=1S/C17H24ClF3N4O2S/c1-12-7-13(2)11-25(10-12)28(26,27)24-5-3-23(4-6-24)16-15(18)8-14(9-22-16)17(19,20)21/h8-9,12-13H,3-7,10-11H2,1-2H3. The van der Waals surface area contributed by atoms with E-state index in [-0.39, 0.29) is 23.9 Å². The number of alkyl halides is 3. The van der Waals surface area contributed by atoms with Crippen molar-refractivity contribution in [2.24, 2.45) is 11.8 Å². The minimum Gasteiger partial charge on any atom is -0.353 e. The molecule has 0 radical (unpaired) electrons. The first-order valence-electron chi connectivity index (χ1n) is 9.21. The van der Waals surface area contributed by atoms with E-state index in [2.05, 4.69) is 4.98 Å². The summed E-state index contributed by atoms with van der Waals surface area (Å²) in [5.41, 5.74) is -0.907. The molecule has 1 aromatic rings. The van der Waals surface area contributed by atoms with Gasteiger partial charge in [-0.2, -0.15) is 30.2 Å². The number of nitrogens with zero attached hydrogens (tertiary/aromatic N) is 4. The van der Waals surface area contributed by atoms with Crippen molar-refractivity contribution in [2.75, 3.05) is 44.2 Å². The normalized spacial score (nSPS) is 25.9. The second-order valence-electron chi connectivity index (χ2n) is 7.68. The van der Waals surface area contributed by atoms with Crippen molar-refractivity contribution in [1.82, 2.24) is 13.6 Å². The van der Waals surface area contributed by atoms with Gasteiger partial charge in [0.2, 0.25) is 0 Å². The number of rotatable bonds is 3. The number of hydrogen-bond acceptors (Lipinski definition) is 4. The first kappa shape index (κ1) is 21.6. The van der Waals surface area contributed by atoms with Crippen LogP contribution in [0, 0.1) is 11.8 Å². The molecular weight excluding hydrogens is 417 g/mol. The molecule has 0 saturated carbocycles. The van der Waals surface area contributed by atoms with Gasteiger partial charge in [0.05, 0.1) is 10.6 Å². The van der Waals surface area contributed by atoms with E-state index in [1.54, 1.807) is 9.21 Å². The van der Waals surface area contributed by atoms with Gasteiger partial charge in [0, 0.05) is 45.5 Å². The second-order valence-corrected chi connectivity index (χ2v) is 10.0.